The first-order chi connectivity index (χ1) is 30.7. The van der Waals surface area contributed by atoms with Crippen LogP contribution in [0, 0.1) is 0 Å². The van der Waals surface area contributed by atoms with Crippen molar-refractivity contribution in [1.82, 2.24) is 0 Å². The Kier molecular flexibility index (Phi) is 14.1. The third-order valence-corrected chi connectivity index (χ3v) is 15.9. The summed E-state index contributed by atoms with van der Waals surface area (Å²) in [5.41, 5.74) is 5.73. The van der Waals surface area contributed by atoms with Gasteiger partial charge in [-0.25, -0.2) is 8.42 Å². The van der Waals surface area contributed by atoms with Crippen LogP contribution in [0.25, 0.3) is 11.1 Å². The fourth-order valence-corrected chi connectivity index (χ4v) is 9.73. The van der Waals surface area contributed by atoms with Crippen molar-refractivity contribution in [1.29, 1.82) is 0 Å². The number of ether oxygens (including phenoxy) is 3. The summed E-state index contributed by atoms with van der Waals surface area (Å²) in [6.07, 6.45) is 4.11. The predicted molar refractivity (Wildman–Crippen MR) is 263 cm³/mol. The maximum atomic E-state index is 13.7. The molecule has 64 heavy (non-hydrogen) atoms. The molecule has 0 unspecified atom stereocenters. The largest absolute Gasteiger partial charge is 0.488 e. The maximum Gasteiger partial charge on any atom is 0.206 e. The molecule has 0 atom stereocenters. The fraction of sp³-hybridized carbons (Fsp3) is 0.263. The van der Waals surface area contributed by atoms with E-state index in [1.807, 2.05) is 84.9 Å². The van der Waals surface area contributed by atoms with E-state index < -0.39 is 9.84 Å². The second-order valence-electron chi connectivity index (χ2n) is 17.5. The lowest BCUT2D eigenvalue weighted by Crippen LogP contribution is -2.30. The molecular weight excluding hydrogens is 829 g/mol. The molecule has 330 valence electrons. The summed E-state index contributed by atoms with van der Waals surface area (Å²) in [6.45, 7) is 17.8. The molecular formula is C57H60O5S2. The van der Waals surface area contributed by atoms with Crippen LogP contribution < -0.4 is 14.2 Å². The lowest BCUT2D eigenvalue weighted by Gasteiger charge is -2.30. The normalized spacial score (nSPS) is 12.2. The topological polar surface area (TPSA) is 61.8 Å². The molecule has 0 saturated carbocycles. The lowest BCUT2D eigenvalue weighted by molar-refractivity contribution is 0.0802. The van der Waals surface area contributed by atoms with Crippen molar-refractivity contribution < 1.29 is 22.6 Å². The van der Waals surface area contributed by atoms with Gasteiger partial charge in [0.2, 0.25) is 9.84 Å². The van der Waals surface area contributed by atoms with Gasteiger partial charge in [0.15, 0.2) is 0 Å². The molecule has 0 N–H and O–H groups in total. The molecule has 0 bridgehead atoms. The molecule has 0 aromatic heterocycles. The molecule has 7 heteroatoms. The summed E-state index contributed by atoms with van der Waals surface area (Å²) in [5, 5.41) is 0. The summed E-state index contributed by atoms with van der Waals surface area (Å²) >= 11 is 1.64. The van der Waals surface area contributed by atoms with Crippen molar-refractivity contribution in [2.75, 3.05) is 0 Å². The molecule has 5 nitrogen and oxygen atoms in total. The molecule has 0 spiro atoms. The number of sulfone groups is 1. The van der Waals surface area contributed by atoms with Gasteiger partial charge in [-0.1, -0.05) is 121 Å². The Hall–Kier alpha value is -5.76. The Bertz CT molecular complexity index is 2700. The van der Waals surface area contributed by atoms with Crippen LogP contribution in [0.3, 0.4) is 0 Å². The van der Waals surface area contributed by atoms with Gasteiger partial charge in [0.05, 0.1) is 9.79 Å². The third-order valence-electron chi connectivity index (χ3n) is 13.1. The van der Waals surface area contributed by atoms with Crippen molar-refractivity contribution in [3.8, 4) is 39.9 Å². The fourth-order valence-electron chi connectivity index (χ4n) is 7.66. The van der Waals surface area contributed by atoms with Gasteiger partial charge in [0.25, 0.3) is 0 Å². The zero-order valence-electron chi connectivity index (χ0n) is 38.4. The number of benzene rings is 7. The molecule has 0 fully saturated rings. The van der Waals surface area contributed by atoms with E-state index in [1.165, 1.54) is 16.7 Å². The van der Waals surface area contributed by atoms with Crippen molar-refractivity contribution in [2.45, 2.75) is 117 Å². The van der Waals surface area contributed by atoms with Gasteiger partial charge in [0, 0.05) is 15.2 Å². The van der Waals surface area contributed by atoms with Crippen molar-refractivity contribution in [2.24, 2.45) is 0 Å². The molecule has 7 rings (SSSR count). The lowest BCUT2D eigenvalue weighted by atomic mass is 9.74. The standard InChI is InChI=1S/C57H60O5S2/c1-9-56(7,10-2)45-21-19-44(20-22-45)55(5,6)43-17-13-41(14-18-43)42-15-37-53(38-16-42)64(58,59)54-39-31-49(32-40-54)61-48-29-35-52(36-30-48)63-51-33-27-47(28-34-51)60-46-23-25-50(26-24-46)62-57(8,11-3)12-4/h13-40H,9-12H2,1-8H3. The van der Waals surface area contributed by atoms with E-state index in [0.29, 0.717) is 11.5 Å². The first kappa shape index (κ1) is 46.2. The molecule has 0 aliphatic rings. The van der Waals surface area contributed by atoms with E-state index in [1.54, 1.807) is 48.2 Å². The minimum atomic E-state index is -3.73. The van der Waals surface area contributed by atoms with Crippen LogP contribution >= 0.6 is 11.8 Å². The second-order valence-corrected chi connectivity index (χ2v) is 20.6. The highest BCUT2D eigenvalue weighted by molar-refractivity contribution is 7.99. The minimum absolute atomic E-state index is 0.169. The van der Waals surface area contributed by atoms with Gasteiger partial charge in [-0.3, -0.25) is 0 Å². The maximum absolute atomic E-state index is 13.7. The van der Waals surface area contributed by atoms with Crippen LogP contribution in [-0.2, 0) is 20.7 Å². The summed E-state index contributed by atoms with van der Waals surface area (Å²) in [4.78, 5) is 2.58. The Labute approximate surface area is 385 Å². The molecule has 0 heterocycles. The Morgan fingerprint density at radius 1 is 0.406 bits per heavy atom. The molecule has 0 aliphatic heterocycles. The molecule has 7 aromatic carbocycles. The van der Waals surface area contributed by atoms with Gasteiger partial charge >= 0.3 is 0 Å². The van der Waals surface area contributed by atoms with E-state index in [9.17, 15) is 8.42 Å². The SMILES string of the molecule is CCC(C)(CC)Oc1ccc(Oc2ccc(Sc3ccc(Oc4ccc(S(=O)(=O)c5ccc(-c6ccc(C(C)(C)c7ccc(C(C)(CC)CC)cc7)cc6)cc5)cc4)cc3)cc2)cc1. The Morgan fingerprint density at radius 3 is 1.14 bits per heavy atom. The van der Waals surface area contributed by atoms with E-state index >= 15 is 0 Å². The van der Waals surface area contributed by atoms with E-state index in [4.69, 9.17) is 14.2 Å². The zero-order chi connectivity index (χ0) is 45.5. The quantitative estimate of drug-likeness (QED) is 0.0855. The highest BCUT2D eigenvalue weighted by Crippen LogP contribution is 2.38. The van der Waals surface area contributed by atoms with Crippen LogP contribution in [0.5, 0.6) is 28.7 Å². The first-order valence-corrected chi connectivity index (χ1v) is 24.7. The van der Waals surface area contributed by atoms with E-state index in [0.717, 1.165) is 63.8 Å². The average Bonchev–Trinajstić information content (AvgIpc) is 3.33. The highest BCUT2D eigenvalue weighted by Gasteiger charge is 2.27. The Balaban J connectivity index is 0.916. The van der Waals surface area contributed by atoms with Gasteiger partial charge in [-0.15, -0.1) is 0 Å². The highest BCUT2D eigenvalue weighted by atomic mass is 32.2. The predicted octanol–water partition coefficient (Wildman–Crippen LogP) is 16.3. The summed E-state index contributed by atoms with van der Waals surface area (Å²) < 4.78 is 45.7. The number of rotatable bonds is 18. The van der Waals surface area contributed by atoms with Crippen LogP contribution in [0.1, 0.15) is 97.8 Å². The summed E-state index contributed by atoms with van der Waals surface area (Å²) in [6, 6.07) is 55.0. The number of hydrogen-bond donors (Lipinski definition) is 0. The van der Waals surface area contributed by atoms with E-state index in [2.05, 4.69) is 104 Å². The summed E-state index contributed by atoms with van der Waals surface area (Å²) in [7, 11) is -3.73. The monoisotopic (exact) mass is 888 g/mol. The zero-order valence-corrected chi connectivity index (χ0v) is 40.0. The van der Waals surface area contributed by atoms with Gasteiger partial charge in [-0.2, -0.15) is 0 Å². The Morgan fingerprint density at radius 2 is 0.734 bits per heavy atom. The number of hydrogen-bond acceptors (Lipinski definition) is 6. The summed E-state index contributed by atoms with van der Waals surface area (Å²) in [5.74, 6) is 3.55. The molecule has 0 amide bonds. The molecule has 0 saturated heterocycles. The van der Waals surface area contributed by atoms with Crippen LogP contribution in [0.15, 0.2) is 189 Å². The first-order valence-electron chi connectivity index (χ1n) is 22.4. The molecule has 0 aliphatic carbocycles. The van der Waals surface area contributed by atoms with Crippen LogP contribution in [0.2, 0.25) is 0 Å². The van der Waals surface area contributed by atoms with Crippen LogP contribution in [-0.4, -0.2) is 14.0 Å². The van der Waals surface area contributed by atoms with Gasteiger partial charge in [0.1, 0.15) is 34.3 Å². The van der Waals surface area contributed by atoms with Gasteiger partial charge in [-0.05, 0) is 175 Å². The second kappa shape index (κ2) is 19.5. The van der Waals surface area contributed by atoms with Crippen molar-refractivity contribution in [3.63, 3.8) is 0 Å². The molecule has 7 aromatic rings. The molecule has 0 radical (unpaired) electrons. The van der Waals surface area contributed by atoms with E-state index in [-0.39, 0.29) is 26.2 Å². The smallest absolute Gasteiger partial charge is 0.206 e. The minimum Gasteiger partial charge on any atom is -0.488 e. The van der Waals surface area contributed by atoms with Gasteiger partial charge < -0.3 is 14.2 Å². The van der Waals surface area contributed by atoms with Crippen molar-refractivity contribution >= 4 is 21.6 Å². The third kappa shape index (κ3) is 10.6. The van der Waals surface area contributed by atoms with Crippen molar-refractivity contribution in [3.05, 3.63) is 187 Å². The average molecular weight is 889 g/mol. The van der Waals surface area contributed by atoms with Crippen LogP contribution in [0.4, 0.5) is 0 Å².